The van der Waals surface area contributed by atoms with Gasteiger partial charge in [0.2, 0.25) is 0 Å². The molecule has 0 bridgehead atoms. The van der Waals surface area contributed by atoms with Crippen molar-refractivity contribution < 1.29 is 23.7 Å². The summed E-state index contributed by atoms with van der Waals surface area (Å²) in [5.74, 6) is 1.92. The molecule has 0 saturated heterocycles. The Bertz CT molecular complexity index is 1590. The molecule has 8 heteroatoms. The summed E-state index contributed by atoms with van der Waals surface area (Å²) in [7, 11) is 1.46. The predicted molar refractivity (Wildman–Crippen MR) is 167 cm³/mol. The number of ether oxygens (including phenoxy) is 4. The number of rotatable bonds is 8. The molecule has 0 N–H and O–H groups in total. The van der Waals surface area contributed by atoms with Gasteiger partial charge in [-0.05, 0) is 77.1 Å². The number of hydrogen-bond donors (Lipinski definition) is 0. The molecule has 0 aliphatic carbocycles. The fourth-order valence-corrected chi connectivity index (χ4v) is 6.25. The first kappa shape index (κ1) is 29.4. The Kier molecular flexibility index (Phi) is 8.80. The van der Waals surface area contributed by atoms with Gasteiger partial charge in [-0.3, -0.25) is 9.69 Å². The van der Waals surface area contributed by atoms with Crippen LogP contribution in [0.3, 0.4) is 0 Å². The van der Waals surface area contributed by atoms with Crippen LogP contribution >= 0.6 is 23.2 Å². The highest BCUT2D eigenvalue weighted by Crippen LogP contribution is 2.42. The number of halogens is 2. The van der Waals surface area contributed by atoms with Crippen LogP contribution in [0.4, 0.5) is 0 Å². The molecular weight excluding hydrogens is 585 g/mol. The van der Waals surface area contributed by atoms with Crippen LogP contribution in [-0.4, -0.2) is 30.6 Å². The van der Waals surface area contributed by atoms with E-state index in [1.165, 1.54) is 12.7 Å². The maximum atomic E-state index is 13.0. The molecular formula is C35H33Cl2NO5. The fourth-order valence-electron chi connectivity index (χ4n) is 5.93. The van der Waals surface area contributed by atoms with Crippen molar-refractivity contribution >= 4 is 29.2 Å². The van der Waals surface area contributed by atoms with E-state index in [2.05, 4.69) is 30.0 Å². The zero-order valence-corrected chi connectivity index (χ0v) is 25.6. The Morgan fingerprint density at radius 2 is 1.72 bits per heavy atom. The van der Waals surface area contributed by atoms with Gasteiger partial charge in [0.15, 0.2) is 17.6 Å². The van der Waals surface area contributed by atoms with Crippen molar-refractivity contribution in [2.75, 3.05) is 13.7 Å². The lowest BCUT2D eigenvalue weighted by molar-refractivity contribution is -0.149. The number of methoxy groups -OCH3 is 1. The van der Waals surface area contributed by atoms with Gasteiger partial charge in [-0.2, -0.15) is 0 Å². The summed E-state index contributed by atoms with van der Waals surface area (Å²) in [5.41, 5.74) is 5.33. The SMILES string of the molecule is CCC(c1ccccc1)N1Cc2cc3c(cc2CC1C(=O)OC)OCC(c1ccc(OCc2ccc(Cl)c(Cl)c2)cc1)O3. The predicted octanol–water partition coefficient (Wildman–Crippen LogP) is 8.14. The summed E-state index contributed by atoms with van der Waals surface area (Å²) in [5, 5.41) is 1.03. The molecule has 222 valence electrons. The van der Waals surface area contributed by atoms with Crippen LogP contribution in [0.25, 0.3) is 0 Å². The minimum Gasteiger partial charge on any atom is -0.489 e. The second kappa shape index (κ2) is 12.9. The van der Waals surface area contributed by atoms with E-state index in [1.807, 2.05) is 54.6 Å². The fraction of sp³-hybridized carbons (Fsp3) is 0.286. The molecule has 2 aliphatic heterocycles. The van der Waals surface area contributed by atoms with Crippen molar-refractivity contribution in [3.8, 4) is 17.2 Å². The average Bonchev–Trinajstić information content (AvgIpc) is 3.04. The lowest BCUT2D eigenvalue weighted by atomic mass is 9.89. The number of carbonyl (C=O) groups is 1. The van der Waals surface area contributed by atoms with Gasteiger partial charge in [0.1, 0.15) is 25.0 Å². The first-order chi connectivity index (χ1) is 20.9. The summed E-state index contributed by atoms with van der Waals surface area (Å²) in [6.45, 7) is 3.52. The minimum atomic E-state index is -0.379. The monoisotopic (exact) mass is 617 g/mol. The topological polar surface area (TPSA) is 57.2 Å². The number of esters is 1. The van der Waals surface area contributed by atoms with E-state index in [0.717, 1.165) is 34.4 Å². The highest BCUT2D eigenvalue weighted by Gasteiger charge is 2.38. The van der Waals surface area contributed by atoms with E-state index in [0.29, 0.717) is 47.7 Å². The Morgan fingerprint density at radius 1 is 0.953 bits per heavy atom. The molecule has 0 spiro atoms. The Labute approximate surface area is 262 Å². The highest BCUT2D eigenvalue weighted by molar-refractivity contribution is 6.42. The van der Waals surface area contributed by atoms with Gasteiger partial charge in [-0.1, -0.05) is 78.7 Å². The molecule has 0 amide bonds. The van der Waals surface area contributed by atoms with E-state index in [4.69, 9.17) is 42.1 Å². The van der Waals surface area contributed by atoms with Crippen LogP contribution in [0.15, 0.2) is 84.9 Å². The van der Waals surface area contributed by atoms with E-state index >= 15 is 0 Å². The van der Waals surface area contributed by atoms with Gasteiger partial charge in [0, 0.05) is 12.6 Å². The third-order valence-electron chi connectivity index (χ3n) is 8.18. The minimum absolute atomic E-state index is 0.0804. The molecule has 6 nitrogen and oxygen atoms in total. The van der Waals surface area contributed by atoms with Crippen LogP contribution < -0.4 is 14.2 Å². The molecule has 2 heterocycles. The quantitative estimate of drug-likeness (QED) is 0.186. The molecule has 0 fully saturated rings. The molecule has 3 unspecified atom stereocenters. The number of benzene rings is 4. The standard InChI is InChI=1S/C35H33Cl2NO5/c1-3-30(23-7-5-4-6-8-23)38-19-26-18-33-32(17-25(26)16-31(38)35(39)40-2)42-21-34(43-33)24-10-12-27(13-11-24)41-20-22-9-14-28(36)29(37)15-22/h4-15,17-18,30-31,34H,3,16,19-21H2,1-2H3. The third-order valence-corrected chi connectivity index (χ3v) is 8.92. The Balaban J connectivity index is 1.18. The van der Waals surface area contributed by atoms with Gasteiger partial charge < -0.3 is 18.9 Å². The summed E-state index contributed by atoms with van der Waals surface area (Å²) in [6.07, 6.45) is 1.16. The van der Waals surface area contributed by atoms with Crippen LogP contribution in [0.1, 0.15) is 53.3 Å². The van der Waals surface area contributed by atoms with Crippen molar-refractivity contribution in [3.63, 3.8) is 0 Å². The molecule has 3 atom stereocenters. The van der Waals surface area contributed by atoms with Crippen LogP contribution in [0.5, 0.6) is 17.2 Å². The molecule has 0 saturated carbocycles. The van der Waals surface area contributed by atoms with E-state index in [9.17, 15) is 4.79 Å². The maximum Gasteiger partial charge on any atom is 0.323 e. The first-order valence-corrected chi connectivity index (χ1v) is 15.2. The molecule has 6 rings (SSSR count). The molecule has 0 radical (unpaired) electrons. The van der Waals surface area contributed by atoms with E-state index in [-0.39, 0.29) is 24.2 Å². The van der Waals surface area contributed by atoms with E-state index in [1.54, 1.807) is 12.1 Å². The number of hydrogen-bond acceptors (Lipinski definition) is 6. The summed E-state index contributed by atoms with van der Waals surface area (Å²) >= 11 is 12.1. The van der Waals surface area contributed by atoms with Gasteiger partial charge in [0.25, 0.3) is 0 Å². The number of fused-ring (bicyclic) bond motifs is 2. The van der Waals surface area contributed by atoms with Crippen molar-refractivity contribution in [3.05, 3.63) is 123 Å². The lowest BCUT2D eigenvalue weighted by Gasteiger charge is -2.41. The Hall–Kier alpha value is -3.71. The normalized spacial score (nSPS) is 18.4. The molecule has 43 heavy (non-hydrogen) atoms. The van der Waals surface area contributed by atoms with Crippen molar-refractivity contribution in [2.24, 2.45) is 0 Å². The zero-order valence-electron chi connectivity index (χ0n) is 24.1. The summed E-state index contributed by atoms with van der Waals surface area (Å²) < 4.78 is 23.8. The summed E-state index contributed by atoms with van der Waals surface area (Å²) in [6, 6.07) is 27.4. The Morgan fingerprint density at radius 3 is 2.44 bits per heavy atom. The van der Waals surface area contributed by atoms with Gasteiger partial charge in [-0.25, -0.2) is 0 Å². The summed E-state index contributed by atoms with van der Waals surface area (Å²) in [4.78, 5) is 15.2. The van der Waals surface area contributed by atoms with Crippen molar-refractivity contribution in [1.82, 2.24) is 4.90 Å². The molecule has 4 aromatic carbocycles. The van der Waals surface area contributed by atoms with Crippen LogP contribution in [0.2, 0.25) is 10.0 Å². The van der Waals surface area contributed by atoms with Crippen LogP contribution in [0, 0.1) is 0 Å². The first-order valence-electron chi connectivity index (χ1n) is 14.4. The lowest BCUT2D eigenvalue weighted by Crippen LogP contribution is -2.47. The largest absolute Gasteiger partial charge is 0.489 e. The second-order valence-corrected chi connectivity index (χ2v) is 11.7. The van der Waals surface area contributed by atoms with Crippen molar-refractivity contribution in [1.29, 1.82) is 0 Å². The van der Waals surface area contributed by atoms with Gasteiger partial charge in [0.05, 0.1) is 17.2 Å². The smallest absolute Gasteiger partial charge is 0.323 e. The van der Waals surface area contributed by atoms with E-state index < -0.39 is 0 Å². The molecule has 2 aliphatic rings. The zero-order chi connectivity index (χ0) is 29.9. The van der Waals surface area contributed by atoms with Gasteiger partial charge in [-0.15, -0.1) is 0 Å². The average molecular weight is 619 g/mol. The second-order valence-electron chi connectivity index (χ2n) is 10.8. The van der Waals surface area contributed by atoms with Crippen molar-refractivity contribution in [2.45, 2.75) is 51.1 Å². The third kappa shape index (κ3) is 6.32. The number of carbonyl (C=O) groups excluding carboxylic acids is 1. The molecule has 4 aromatic rings. The molecule has 0 aromatic heterocycles. The number of nitrogens with zero attached hydrogens (tertiary/aromatic N) is 1. The van der Waals surface area contributed by atoms with Crippen LogP contribution in [-0.2, 0) is 29.1 Å². The maximum absolute atomic E-state index is 13.0. The van der Waals surface area contributed by atoms with Gasteiger partial charge >= 0.3 is 5.97 Å². The highest BCUT2D eigenvalue weighted by atomic mass is 35.5.